The van der Waals surface area contributed by atoms with Gasteiger partial charge in [0.25, 0.3) is 0 Å². The van der Waals surface area contributed by atoms with E-state index in [0.717, 1.165) is 11.1 Å². The molecule has 2 saturated carbocycles. The van der Waals surface area contributed by atoms with E-state index in [4.69, 9.17) is 96.0 Å². The molecule has 554 valence electrons. The number of nitrogens with two attached hydrogens (primary N) is 6. The quantitative estimate of drug-likeness (QED) is 0.0594. The van der Waals surface area contributed by atoms with Gasteiger partial charge in [-0.15, -0.1) is 0 Å². The number of nitrogens with one attached hydrogen (secondary N) is 4. The average molecular weight is 1400 g/mol. The third-order valence-electron chi connectivity index (χ3n) is 19.9. The fourth-order valence-electron chi connectivity index (χ4n) is 14.1. The van der Waals surface area contributed by atoms with Crippen molar-refractivity contribution in [2.75, 3.05) is 27.2 Å². The Labute approximate surface area is 569 Å². The number of benzene rings is 2. The predicted molar refractivity (Wildman–Crippen MR) is 343 cm³/mol. The molecule has 32 atom stereocenters. The Morgan fingerprint density at radius 3 is 1.72 bits per heavy atom. The largest absolute Gasteiger partial charge is 0.445 e. The molecule has 3 amide bonds. The lowest BCUT2D eigenvalue weighted by molar-refractivity contribution is -0.372. The molecular weight excluding hydrogens is 1290 g/mol. The zero-order valence-electron chi connectivity index (χ0n) is 55.0. The van der Waals surface area contributed by atoms with E-state index in [1.807, 2.05) is 67.6 Å². The van der Waals surface area contributed by atoms with Crippen molar-refractivity contribution in [3.05, 3.63) is 71.8 Å². The highest BCUT2D eigenvalue weighted by atomic mass is 16.8. The standard InChI is InChI=1S/C39H52N4O14.C24H49N7O9.CH4/c1-19-14-27-32(33-29(43(3)39(49)56-33)35(54-27)57-36-31(46)30(45)28(40)20(2)52-36)55-34(19)53-26-16-25(44)23(41-37(47)50-17-21-10-6-4-7-11-21)15-24(26)42-38(48)51-18-22-12-8-5-9-13-22;1-8-16(31-9(6-25)7-26)18(33)20(35)24(36-8)40-23-17(30-2)19(34)21-15(38-23)4-12(29)22(39-21)37-14-5-13(32)10(27)3-11(14)28;/h4-13,19-20,23-36,44-46H,14-18,40H2,1-3H3,(H,41,47)(H,42,48);8-24,30-35H,3-7,25-29H2,1-2H3;1H4/t19?,20?,23-,24?,25?,26+,27+,28-,29?,30+,31?,32?,33?,34+,35?,36-;8?,10-,11?,12?,13?,14+,15+,16-,17?,18+,19?,20?,21?,22+,23?,24-;/m11./s1. The fraction of sp³-hybridized carbons (Fsp3) is 0.766. The lowest BCUT2D eigenvalue weighted by Crippen LogP contribution is -2.70. The summed E-state index contributed by atoms with van der Waals surface area (Å²) in [4.78, 5) is 40.2. The van der Waals surface area contributed by atoms with Crippen LogP contribution in [0.1, 0.15) is 77.8 Å². The number of ether oxygens (including phenoxy) is 13. The van der Waals surface area contributed by atoms with Crippen LogP contribution in [0.3, 0.4) is 0 Å². The molecule has 0 radical (unpaired) electrons. The Morgan fingerprint density at radius 2 is 1.10 bits per heavy atom. The van der Waals surface area contributed by atoms with Crippen LogP contribution in [-0.2, 0) is 74.8 Å². The first kappa shape index (κ1) is 77.4. The maximum Gasteiger partial charge on any atom is 0.410 e. The van der Waals surface area contributed by atoms with Gasteiger partial charge in [-0.25, -0.2) is 14.4 Å². The van der Waals surface area contributed by atoms with Gasteiger partial charge >= 0.3 is 18.3 Å². The minimum atomic E-state index is -1.48. The number of rotatable bonds is 19. The first-order valence-corrected chi connectivity index (χ1v) is 33.4. The van der Waals surface area contributed by atoms with Gasteiger partial charge in [0.1, 0.15) is 62.0 Å². The van der Waals surface area contributed by atoms with Gasteiger partial charge < -0.3 is 153 Å². The summed E-state index contributed by atoms with van der Waals surface area (Å²) in [7, 11) is 3.15. The number of hydrogen-bond acceptors (Lipinski definition) is 31. The van der Waals surface area contributed by atoms with Gasteiger partial charge in [-0.3, -0.25) is 4.90 Å². The topological polar surface area (TPSA) is 520 Å². The summed E-state index contributed by atoms with van der Waals surface area (Å²) >= 11 is 0. The average Bonchev–Trinajstić information content (AvgIpc) is 1.48. The van der Waals surface area contributed by atoms with Crippen LogP contribution in [0.2, 0.25) is 0 Å². The van der Waals surface area contributed by atoms with Gasteiger partial charge in [0, 0.05) is 57.0 Å². The van der Waals surface area contributed by atoms with Crippen LogP contribution in [-0.4, -0.2) is 282 Å². The lowest BCUT2D eigenvalue weighted by Gasteiger charge is -2.51. The molecule has 7 saturated heterocycles. The number of likely N-dealkylation sites (N-methyl/N-ethyl adjacent to an activating group) is 2. The molecule has 34 heteroatoms. The molecule has 34 nitrogen and oxygen atoms in total. The van der Waals surface area contributed by atoms with E-state index in [0.29, 0.717) is 12.8 Å². The molecule has 98 heavy (non-hydrogen) atoms. The van der Waals surface area contributed by atoms with E-state index in [2.05, 4.69) is 21.3 Å². The van der Waals surface area contributed by atoms with Gasteiger partial charge in [-0.2, -0.15) is 0 Å². The van der Waals surface area contributed by atoms with Gasteiger partial charge in [-0.1, -0.05) is 75.0 Å². The second-order valence-electron chi connectivity index (χ2n) is 26.9. The highest BCUT2D eigenvalue weighted by molar-refractivity contribution is 5.71. The molecular formula is C64H105N11O23. The third-order valence-corrected chi connectivity index (χ3v) is 19.9. The first-order valence-electron chi connectivity index (χ1n) is 33.4. The maximum absolute atomic E-state index is 13.2. The van der Waals surface area contributed by atoms with E-state index in [-0.39, 0.29) is 71.4 Å². The number of aliphatic hydroxyl groups is 7. The Hall–Kier alpha value is -4.75. The zero-order valence-corrected chi connectivity index (χ0v) is 55.0. The summed E-state index contributed by atoms with van der Waals surface area (Å²) in [6, 6.07) is 12.0. The highest BCUT2D eigenvalue weighted by Crippen LogP contribution is 2.43. The minimum absolute atomic E-state index is 0. The summed E-state index contributed by atoms with van der Waals surface area (Å²) in [6.07, 6.45) is -22.0. The molecule has 2 aromatic rings. The van der Waals surface area contributed by atoms with E-state index >= 15 is 0 Å². The second-order valence-corrected chi connectivity index (χ2v) is 26.9. The van der Waals surface area contributed by atoms with Crippen molar-refractivity contribution in [3.63, 3.8) is 0 Å². The first-order chi connectivity index (χ1) is 46.3. The molecule has 0 aromatic heterocycles. The van der Waals surface area contributed by atoms with Crippen LogP contribution >= 0.6 is 0 Å². The van der Waals surface area contributed by atoms with Crippen molar-refractivity contribution in [3.8, 4) is 0 Å². The van der Waals surface area contributed by atoms with Crippen LogP contribution in [0.5, 0.6) is 0 Å². The van der Waals surface area contributed by atoms with Crippen molar-refractivity contribution >= 4 is 18.3 Å². The highest BCUT2D eigenvalue weighted by Gasteiger charge is 2.61. The van der Waals surface area contributed by atoms with Gasteiger partial charge in [0.05, 0.1) is 85.1 Å². The molecule has 9 aliphatic rings. The summed E-state index contributed by atoms with van der Waals surface area (Å²) in [5, 5.41) is 87.3. The fourth-order valence-corrected chi connectivity index (χ4v) is 14.1. The van der Waals surface area contributed by atoms with E-state index in [9.17, 15) is 50.1 Å². The van der Waals surface area contributed by atoms with Crippen LogP contribution < -0.4 is 55.7 Å². The molecule has 23 N–H and O–H groups in total. The second kappa shape index (κ2) is 34.5. The van der Waals surface area contributed by atoms with Crippen LogP contribution in [0.25, 0.3) is 0 Å². The molecule has 2 aliphatic carbocycles. The van der Waals surface area contributed by atoms with Gasteiger partial charge in [0.2, 0.25) is 0 Å². The van der Waals surface area contributed by atoms with Crippen molar-refractivity contribution in [2.45, 2.75) is 276 Å². The molecule has 2 aromatic carbocycles. The summed E-state index contributed by atoms with van der Waals surface area (Å²) in [5.41, 5.74) is 37.4. The summed E-state index contributed by atoms with van der Waals surface area (Å²) in [5.74, 6) is -0.318. The van der Waals surface area contributed by atoms with Crippen LogP contribution in [0, 0.1) is 5.92 Å². The van der Waals surface area contributed by atoms with Crippen molar-refractivity contribution in [1.29, 1.82) is 0 Å². The summed E-state index contributed by atoms with van der Waals surface area (Å²) in [6.45, 7) is 5.82. The lowest BCUT2D eigenvalue weighted by atomic mass is 9.85. The molecule has 9 fully saturated rings. The zero-order chi connectivity index (χ0) is 69.7. The van der Waals surface area contributed by atoms with Crippen molar-refractivity contribution < 1.29 is 112 Å². The predicted octanol–water partition coefficient (Wildman–Crippen LogP) is -4.12. The molecule has 0 bridgehead atoms. The number of carbonyl (C=O) groups excluding carboxylic acids is 3. The number of carbonyl (C=O) groups is 3. The Morgan fingerprint density at radius 1 is 0.551 bits per heavy atom. The van der Waals surface area contributed by atoms with Crippen molar-refractivity contribution in [2.24, 2.45) is 40.3 Å². The van der Waals surface area contributed by atoms with Crippen LogP contribution in [0.15, 0.2) is 60.7 Å². The minimum Gasteiger partial charge on any atom is -0.445 e. The SMILES string of the molecule is C.CC1C[C@@H]2OC(O[C@H]3OC(C)[C@@H](N)[C@H](O)C3O)C3C(OC(=O)N3C)C2O[C@@H]1O[C@H]1CC(O)[C@H](NC(=O)OCc2ccccc2)CC1NC(=O)OCc1ccccc1.CNC1C(O[C@H]2OC(C)[C@@H](NC(CN)CN)[C@H](O)C2O)O[C@H]2CC(N)[C@@H](O[C@H]3CC(O)[C@H](N)CC3N)OC2C1O. The third kappa shape index (κ3) is 18.0. The number of hydrogen-bond donors (Lipinski definition) is 17. The van der Waals surface area contributed by atoms with Gasteiger partial charge in [0.15, 0.2) is 43.8 Å². The molecule has 11 rings (SSSR count). The maximum atomic E-state index is 13.2. The van der Waals surface area contributed by atoms with Crippen molar-refractivity contribution in [1.82, 2.24) is 26.2 Å². The number of fused-ring (bicyclic) bond motifs is 4. The number of nitrogens with zero attached hydrogens (tertiary/aromatic N) is 1. The summed E-state index contributed by atoms with van der Waals surface area (Å²) < 4.78 is 78.3. The molecule has 0 spiro atoms. The number of aliphatic hydroxyl groups excluding tert-OH is 7. The van der Waals surface area contributed by atoms with E-state index in [1.165, 1.54) is 11.9 Å². The Bertz CT molecular complexity index is 2820. The molecule has 18 unspecified atom stereocenters. The van der Waals surface area contributed by atoms with Gasteiger partial charge in [-0.05, 0) is 57.7 Å². The van der Waals surface area contributed by atoms with Crippen LogP contribution in [0.4, 0.5) is 14.4 Å². The monoisotopic (exact) mass is 1400 g/mol. The van der Waals surface area contributed by atoms with E-state index < -0.39 is 208 Å². The number of alkyl carbamates (subject to hydrolysis) is 2. The normalized spacial score (nSPS) is 43.1. The Kier molecular flexibility index (Phi) is 27.2. The molecule has 7 aliphatic heterocycles. The van der Waals surface area contributed by atoms with E-state index in [1.54, 1.807) is 20.9 Å². The number of amides is 3. The smallest absolute Gasteiger partial charge is 0.410 e. The Balaban J connectivity index is 0.000000241. The molecule has 7 heterocycles.